The molecule has 1 aromatic carbocycles. The van der Waals surface area contributed by atoms with Crippen molar-refractivity contribution in [2.75, 3.05) is 0 Å². The molecule has 5 nitrogen and oxygen atoms in total. The van der Waals surface area contributed by atoms with Crippen molar-refractivity contribution in [3.05, 3.63) is 35.2 Å². The highest BCUT2D eigenvalue weighted by atomic mass is 32.2. The van der Waals surface area contributed by atoms with Gasteiger partial charge in [0, 0.05) is 23.2 Å². The van der Waals surface area contributed by atoms with Crippen molar-refractivity contribution in [3.63, 3.8) is 0 Å². The molecule has 0 spiro atoms. The third-order valence-electron chi connectivity index (χ3n) is 3.42. The first kappa shape index (κ1) is 13.9. The highest BCUT2D eigenvalue weighted by Gasteiger charge is 2.28. The zero-order valence-electron chi connectivity index (χ0n) is 12.2. The smallest absolute Gasteiger partial charge is 0.284 e. The van der Waals surface area contributed by atoms with Crippen LogP contribution in [-0.4, -0.2) is 19.6 Å². The van der Waals surface area contributed by atoms with Crippen LogP contribution in [0.4, 0.5) is 0 Å². The molecule has 7 heteroatoms. The Morgan fingerprint density at radius 3 is 2.64 bits per heavy atom. The van der Waals surface area contributed by atoms with E-state index in [0.717, 1.165) is 15.7 Å². The summed E-state index contributed by atoms with van der Waals surface area (Å²) in [6, 6.07) is 6.21. The van der Waals surface area contributed by atoms with Crippen LogP contribution in [-0.2, 0) is 0 Å². The van der Waals surface area contributed by atoms with Crippen molar-refractivity contribution in [1.82, 2.24) is 19.6 Å². The van der Waals surface area contributed by atoms with Gasteiger partial charge in [0.1, 0.15) is 5.82 Å². The van der Waals surface area contributed by atoms with Crippen molar-refractivity contribution in [2.45, 2.75) is 42.2 Å². The van der Waals surface area contributed by atoms with E-state index in [1.807, 2.05) is 12.1 Å². The van der Waals surface area contributed by atoms with Gasteiger partial charge in [-0.1, -0.05) is 17.2 Å². The normalized spacial score (nSPS) is 14.5. The average Bonchev–Trinajstić information content (AvgIpc) is 3.04. The highest BCUT2D eigenvalue weighted by molar-refractivity contribution is 8.00. The lowest BCUT2D eigenvalue weighted by molar-refractivity contribution is 0.466. The predicted octanol–water partition coefficient (Wildman–Crippen LogP) is 4.23. The van der Waals surface area contributed by atoms with E-state index in [4.69, 9.17) is 4.42 Å². The summed E-state index contributed by atoms with van der Waals surface area (Å²) >= 11 is 2.78. The van der Waals surface area contributed by atoms with Crippen molar-refractivity contribution < 1.29 is 4.42 Å². The van der Waals surface area contributed by atoms with E-state index in [2.05, 4.69) is 39.5 Å². The summed E-state index contributed by atoms with van der Waals surface area (Å²) in [5.41, 5.74) is 3.31. The van der Waals surface area contributed by atoms with Gasteiger partial charge in [-0.2, -0.15) is 4.37 Å². The van der Waals surface area contributed by atoms with E-state index in [0.29, 0.717) is 17.0 Å². The van der Waals surface area contributed by atoms with Gasteiger partial charge in [-0.25, -0.2) is 4.98 Å². The first-order valence-corrected chi connectivity index (χ1v) is 8.70. The van der Waals surface area contributed by atoms with Gasteiger partial charge < -0.3 is 4.42 Å². The van der Waals surface area contributed by atoms with E-state index in [9.17, 15) is 0 Å². The lowest BCUT2D eigenvalue weighted by Crippen LogP contribution is -1.82. The summed E-state index contributed by atoms with van der Waals surface area (Å²) in [7, 11) is 0. The highest BCUT2D eigenvalue weighted by Crippen LogP contribution is 2.40. The SMILES string of the molecule is Cc1cc(C)cc(-c2nnc(Sc3nc(C4CC4)ns3)o2)c1. The number of hydrogen-bond donors (Lipinski definition) is 0. The number of benzene rings is 1. The van der Waals surface area contributed by atoms with Gasteiger partial charge in [0.25, 0.3) is 5.22 Å². The molecule has 2 aromatic heterocycles. The molecular formula is C15H14N4OS2. The second-order valence-electron chi connectivity index (χ2n) is 5.54. The Bertz CT molecular complexity index is 802. The molecule has 0 radical (unpaired) electrons. The summed E-state index contributed by atoms with van der Waals surface area (Å²) in [5.74, 6) is 2.07. The summed E-state index contributed by atoms with van der Waals surface area (Å²) in [6.45, 7) is 4.12. The zero-order valence-corrected chi connectivity index (χ0v) is 13.9. The van der Waals surface area contributed by atoms with Gasteiger partial charge in [0.2, 0.25) is 5.89 Å². The van der Waals surface area contributed by atoms with Crippen molar-refractivity contribution in [1.29, 1.82) is 0 Å². The maximum atomic E-state index is 5.75. The number of aryl methyl sites for hydroxylation is 2. The molecule has 0 N–H and O–H groups in total. The standard InChI is InChI=1S/C15H14N4OS2/c1-8-5-9(2)7-11(6-8)13-17-18-14(20-13)21-15-16-12(19-22-15)10-3-4-10/h5-7,10H,3-4H2,1-2H3. The Labute approximate surface area is 136 Å². The Hall–Kier alpha value is -1.73. The van der Waals surface area contributed by atoms with E-state index in [-0.39, 0.29) is 0 Å². The van der Waals surface area contributed by atoms with Gasteiger partial charge in [-0.05, 0) is 50.4 Å². The van der Waals surface area contributed by atoms with Crippen LogP contribution in [0.15, 0.2) is 32.2 Å². The van der Waals surface area contributed by atoms with Crippen LogP contribution < -0.4 is 0 Å². The zero-order chi connectivity index (χ0) is 15.1. The first-order valence-electron chi connectivity index (χ1n) is 7.11. The molecular weight excluding hydrogens is 316 g/mol. The Kier molecular flexibility index (Phi) is 3.46. The number of rotatable bonds is 4. The molecule has 0 saturated heterocycles. The molecule has 22 heavy (non-hydrogen) atoms. The molecule has 0 atom stereocenters. The van der Waals surface area contributed by atoms with Gasteiger partial charge in [0.05, 0.1) is 0 Å². The lowest BCUT2D eigenvalue weighted by Gasteiger charge is -1.99. The molecule has 0 bridgehead atoms. The van der Waals surface area contributed by atoms with Crippen LogP contribution in [0.25, 0.3) is 11.5 Å². The van der Waals surface area contributed by atoms with Crippen LogP contribution >= 0.6 is 23.3 Å². The molecule has 1 aliphatic rings. The average molecular weight is 330 g/mol. The summed E-state index contributed by atoms with van der Waals surface area (Å²) in [5, 5.41) is 8.75. The third-order valence-corrected chi connectivity index (χ3v) is 5.02. The van der Waals surface area contributed by atoms with Crippen molar-refractivity contribution >= 4 is 23.3 Å². The van der Waals surface area contributed by atoms with Crippen molar-refractivity contribution in [2.24, 2.45) is 0 Å². The molecule has 2 heterocycles. The molecule has 0 amide bonds. The molecule has 1 fully saturated rings. The Morgan fingerprint density at radius 1 is 1.14 bits per heavy atom. The maximum Gasteiger partial charge on any atom is 0.284 e. The van der Waals surface area contributed by atoms with Crippen molar-refractivity contribution in [3.8, 4) is 11.5 Å². The molecule has 0 unspecified atom stereocenters. The fourth-order valence-electron chi connectivity index (χ4n) is 2.31. The second-order valence-corrected chi connectivity index (χ2v) is 7.49. The molecule has 4 rings (SSSR count). The number of aromatic nitrogens is 4. The third kappa shape index (κ3) is 2.91. The summed E-state index contributed by atoms with van der Waals surface area (Å²) < 4.78 is 11.0. The van der Waals surface area contributed by atoms with Crippen LogP contribution in [0, 0.1) is 13.8 Å². The number of nitrogens with zero attached hydrogens (tertiary/aromatic N) is 4. The van der Waals surface area contributed by atoms with Gasteiger partial charge >= 0.3 is 0 Å². The monoisotopic (exact) mass is 330 g/mol. The maximum absolute atomic E-state index is 5.75. The molecule has 1 aliphatic carbocycles. The van der Waals surface area contributed by atoms with Crippen LogP contribution in [0.3, 0.4) is 0 Å². The Morgan fingerprint density at radius 2 is 1.91 bits per heavy atom. The first-order chi connectivity index (χ1) is 10.7. The minimum atomic E-state index is 0.507. The minimum Gasteiger partial charge on any atom is -0.411 e. The Balaban J connectivity index is 1.55. The summed E-state index contributed by atoms with van der Waals surface area (Å²) in [6.07, 6.45) is 2.41. The predicted molar refractivity (Wildman–Crippen MR) is 85.2 cm³/mol. The largest absolute Gasteiger partial charge is 0.411 e. The lowest BCUT2D eigenvalue weighted by atomic mass is 10.1. The minimum absolute atomic E-state index is 0.507. The molecule has 0 aliphatic heterocycles. The molecule has 1 saturated carbocycles. The van der Waals surface area contributed by atoms with Crippen LogP contribution in [0.2, 0.25) is 0 Å². The van der Waals surface area contributed by atoms with Gasteiger partial charge in [-0.15, -0.1) is 10.2 Å². The fourth-order valence-corrected chi connectivity index (χ4v) is 3.77. The topological polar surface area (TPSA) is 64.7 Å². The molecule has 112 valence electrons. The van der Waals surface area contributed by atoms with Crippen LogP contribution in [0.1, 0.15) is 35.7 Å². The van der Waals surface area contributed by atoms with Gasteiger partial charge in [0.15, 0.2) is 4.34 Å². The van der Waals surface area contributed by atoms with Gasteiger partial charge in [-0.3, -0.25) is 0 Å². The van der Waals surface area contributed by atoms with Crippen LogP contribution in [0.5, 0.6) is 0 Å². The van der Waals surface area contributed by atoms with E-state index >= 15 is 0 Å². The van der Waals surface area contributed by atoms with E-state index in [1.54, 1.807) is 0 Å². The number of hydrogen-bond acceptors (Lipinski definition) is 7. The quantitative estimate of drug-likeness (QED) is 0.713. The molecule has 3 aromatic rings. The van der Waals surface area contributed by atoms with E-state index < -0.39 is 0 Å². The second kappa shape index (κ2) is 5.48. The summed E-state index contributed by atoms with van der Waals surface area (Å²) in [4.78, 5) is 4.52. The fraction of sp³-hybridized carbons (Fsp3) is 0.333. The van der Waals surface area contributed by atoms with E-state index in [1.165, 1.54) is 47.3 Å².